The van der Waals surface area contributed by atoms with Crippen molar-refractivity contribution in [3.63, 3.8) is 0 Å². The number of primary amides is 2. The highest BCUT2D eigenvalue weighted by molar-refractivity contribution is 6.13. The summed E-state index contributed by atoms with van der Waals surface area (Å²) in [6.07, 6.45) is 6.83. The molecule has 37 heavy (non-hydrogen) atoms. The van der Waals surface area contributed by atoms with Crippen LogP contribution in [0.4, 0.5) is 9.59 Å². The van der Waals surface area contributed by atoms with Gasteiger partial charge in [-0.15, -0.1) is 0 Å². The van der Waals surface area contributed by atoms with E-state index in [1.165, 1.54) is 0 Å². The van der Waals surface area contributed by atoms with Crippen molar-refractivity contribution < 1.29 is 49.2 Å². The summed E-state index contributed by atoms with van der Waals surface area (Å²) in [5, 5.41) is 41.5. The number of nitrogens with one attached hydrogen (secondary N) is 1. The highest BCUT2D eigenvalue weighted by Crippen LogP contribution is 2.45. The molecule has 0 saturated heterocycles. The summed E-state index contributed by atoms with van der Waals surface area (Å²) < 4.78 is 0. The Bertz CT molecular complexity index is 964. The molecule has 0 aliphatic heterocycles. The molecule has 4 amide bonds. The lowest BCUT2D eigenvalue weighted by atomic mass is 9.72. The number of carboxylic acids is 4. The van der Waals surface area contributed by atoms with Gasteiger partial charge in [-0.3, -0.25) is 5.32 Å². The second-order valence-electron chi connectivity index (χ2n) is 9.07. The van der Waals surface area contributed by atoms with Gasteiger partial charge in [0.05, 0.1) is 22.3 Å². The maximum atomic E-state index is 12.3. The van der Waals surface area contributed by atoms with E-state index in [2.05, 4.69) is 11.5 Å². The van der Waals surface area contributed by atoms with E-state index in [9.17, 15) is 49.2 Å². The number of carbonyl (C=O) groups is 6. The predicted octanol–water partition coefficient (Wildman–Crippen LogP) is 3.31. The molecule has 1 aromatic rings. The first-order valence-electron chi connectivity index (χ1n) is 11.9. The van der Waals surface area contributed by atoms with Crippen molar-refractivity contribution in [1.82, 2.24) is 5.32 Å². The van der Waals surface area contributed by atoms with Gasteiger partial charge in [-0.25, -0.2) is 28.8 Å². The number of carboxylic acid groups (broad SMARTS) is 4. The third kappa shape index (κ3) is 6.96. The fraction of sp³-hybridized carbons (Fsp3) is 0.500. The van der Waals surface area contributed by atoms with Gasteiger partial charge in [0, 0.05) is 0 Å². The number of rotatable bonds is 6. The Morgan fingerprint density at radius 3 is 0.919 bits per heavy atom. The molecule has 0 spiro atoms. The van der Waals surface area contributed by atoms with Gasteiger partial charge < -0.3 is 31.9 Å². The van der Waals surface area contributed by atoms with Crippen molar-refractivity contribution in [3.8, 4) is 0 Å². The van der Waals surface area contributed by atoms with Crippen molar-refractivity contribution in [3.05, 3.63) is 33.4 Å². The molecule has 2 fully saturated rings. The molecule has 13 nitrogen and oxygen atoms in total. The van der Waals surface area contributed by atoms with E-state index < -0.39 is 70.0 Å². The second-order valence-corrected chi connectivity index (χ2v) is 9.07. The molecule has 0 atom stereocenters. The first kappa shape index (κ1) is 29.1. The molecular weight excluding hydrogens is 490 g/mol. The Balaban J connectivity index is 0.000000604. The van der Waals surface area contributed by atoms with E-state index >= 15 is 0 Å². The summed E-state index contributed by atoms with van der Waals surface area (Å²) in [7, 11) is 0. The molecule has 2 saturated carbocycles. The SMILES string of the molecule is NC(=O)NC(N)=O.O=C(O)c1c(C(=O)O)c(C2CCCCC2)c(C(=O)O)c(C(=O)O)c1C1CCCCC1. The number of urea groups is 2. The van der Waals surface area contributed by atoms with Gasteiger partial charge in [-0.1, -0.05) is 38.5 Å². The van der Waals surface area contributed by atoms with Gasteiger partial charge in [0.1, 0.15) is 0 Å². The van der Waals surface area contributed by atoms with Crippen LogP contribution in [0.1, 0.15) is 129 Å². The molecule has 2 aliphatic rings. The van der Waals surface area contributed by atoms with Crippen LogP contribution in [0.3, 0.4) is 0 Å². The number of benzene rings is 1. The molecule has 9 N–H and O–H groups in total. The minimum Gasteiger partial charge on any atom is -0.478 e. The molecule has 0 unspecified atom stereocenters. The molecule has 202 valence electrons. The van der Waals surface area contributed by atoms with Crippen molar-refractivity contribution >= 4 is 35.9 Å². The Morgan fingerprint density at radius 1 is 0.514 bits per heavy atom. The number of hydrogen-bond acceptors (Lipinski definition) is 6. The normalized spacial score (nSPS) is 16.1. The van der Waals surface area contributed by atoms with Crippen LogP contribution in [-0.4, -0.2) is 56.4 Å². The highest BCUT2D eigenvalue weighted by Gasteiger charge is 2.40. The highest BCUT2D eigenvalue weighted by atomic mass is 16.4. The van der Waals surface area contributed by atoms with E-state index in [1.807, 2.05) is 0 Å². The zero-order valence-corrected chi connectivity index (χ0v) is 20.1. The third-order valence-corrected chi connectivity index (χ3v) is 6.71. The Hall–Kier alpha value is -4.16. The first-order valence-corrected chi connectivity index (χ1v) is 11.9. The van der Waals surface area contributed by atoms with Crippen molar-refractivity contribution in [2.24, 2.45) is 11.5 Å². The molecular formula is C24H31N3O10. The molecule has 13 heteroatoms. The fourth-order valence-corrected chi connectivity index (χ4v) is 5.40. The molecule has 1 aromatic carbocycles. The van der Waals surface area contributed by atoms with Crippen LogP contribution in [0.15, 0.2) is 0 Å². The minimum absolute atomic E-state index is 0.135. The fourth-order valence-electron chi connectivity index (χ4n) is 5.40. The van der Waals surface area contributed by atoms with Crippen LogP contribution in [0.25, 0.3) is 0 Å². The molecule has 2 aliphatic carbocycles. The quantitative estimate of drug-likeness (QED) is 0.287. The molecule has 0 radical (unpaired) electrons. The lowest BCUT2D eigenvalue weighted by Crippen LogP contribution is -2.38. The van der Waals surface area contributed by atoms with Crippen LogP contribution < -0.4 is 16.8 Å². The zero-order chi connectivity index (χ0) is 27.9. The maximum absolute atomic E-state index is 12.3. The van der Waals surface area contributed by atoms with Crippen LogP contribution >= 0.6 is 0 Å². The minimum atomic E-state index is -1.52. The molecule has 3 rings (SSSR count). The Kier molecular flexibility index (Phi) is 9.98. The van der Waals surface area contributed by atoms with Crippen molar-refractivity contribution in [2.75, 3.05) is 0 Å². The largest absolute Gasteiger partial charge is 0.478 e. The smallest absolute Gasteiger partial charge is 0.336 e. The van der Waals surface area contributed by atoms with Gasteiger partial charge >= 0.3 is 35.9 Å². The third-order valence-electron chi connectivity index (χ3n) is 6.71. The standard InChI is InChI=1S/C22H26O8.C2H5N3O2/c23-19(24)15-13(11-7-3-1-4-8-11)16(20(25)26)18(22(29)30)14(17(15)21(27)28)12-9-5-2-6-10-12;3-1(6)5-2(4)7/h11-12H,1-10H2,(H,23,24)(H,25,26)(H,27,28)(H,29,30);(H5,3,4,5,6,7). The molecule has 0 heterocycles. The van der Waals surface area contributed by atoms with Gasteiger partial charge in [0.25, 0.3) is 0 Å². The summed E-state index contributed by atoms with van der Waals surface area (Å²) in [5.41, 5.74) is 6.44. The number of carbonyl (C=O) groups excluding carboxylic acids is 2. The van der Waals surface area contributed by atoms with Crippen LogP contribution in [-0.2, 0) is 0 Å². The second kappa shape index (κ2) is 12.7. The van der Waals surface area contributed by atoms with E-state index in [4.69, 9.17) is 0 Å². The monoisotopic (exact) mass is 521 g/mol. The van der Waals surface area contributed by atoms with E-state index in [1.54, 1.807) is 5.32 Å². The van der Waals surface area contributed by atoms with Crippen LogP contribution in [0, 0.1) is 0 Å². The number of aromatic carboxylic acids is 4. The van der Waals surface area contributed by atoms with Crippen LogP contribution in [0.5, 0.6) is 0 Å². The van der Waals surface area contributed by atoms with Crippen LogP contribution in [0.2, 0.25) is 0 Å². The van der Waals surface area contributed by atoms with Gasteiger partial charge in [0.15, 0.2) is 0 Å². The number of amides is 4. The summed E-state index contributed by atoms with van der Waals surface area (Å²) >= 11 is 0. The topological polar surface area (TPSA) is 247 Å². The average Bonchev–Trinajstić information content (AvgIpc) is 2.82. The molecule has 0 bridgehead atoms. The lowest BCUT2D eigenvalue weighted by Gasteiger charge is -2.31. The Labute approximate surface area is 211 Å². The summed E-state index contributed by atoms with van der Waals surface area (Å²) in [6, 6.07) is -1.88. The van der Waals surface area contributed by atoms with E-state index in [-0.39, 0.29) is 11.1 Å². The zero-order valence-electron chi connectivity index (χ0n) is 20.1. The van der Waals surface area contributed by atoms with Crippen molar-refractivity contribution in [1.29, 1.82) is 0 Å². The lowest BCUT2D eigenvalue weighted by molar-refractivity contribution is 0.0629. The number of hydrogen-bond donors (Lipinski definition) is 7. The summed E-state index contributed by atoms with van der Waals surface area (Å²) in [5.74, 6) is -7.08. The summed E-state index contributed by atoms with van der Waals surface area (Å²) in [4.78, 5) is 68.3. The van der Waals surface area contributed by atoms with Gasteiger partial charge in [-0.05, 0) is 48.6 Å². The Morgan fingerprint density at radius 2 is 0.757 bits per heavy atom. The van der Waals surface area contributed by atoms with Crippen molar-refractivity contribution in [2.45, 2.75) is 76.0 Å². The maximum Gasteiger partial charge on any atom is 0.336 e. The van der Waals surface area contributed by atoms with E-state index in [0.29, 0.717) is 25.7 Å². The predicted molar refractivity (Wildman–Crippen MR) is 128 cm³/mol. The van der Waals surface area contributed by atoms with Gasteiger partial charge in [-0.2, -0.15) is 0 Å². The molecule has 0 aromatic heterocycles. The number of imide groups is 1. The van der Waals surface area contributed by atoms with Gasteiger partial charge in [0.2, 0.25) is 0 Å². The first-order chi connectivity index (χ1) is 17.4. The number of nitrogens with two attached hydrogens (primary N) is 2. The van der Waals surface area contributed by atoms with E-state index in [0.717, 1.165) is 38.5 Å². The summed E-state index contributed by atoms with van der Waals surface area (Å²) in [6.45, 7) is 0. The average molecular weight is 522 g/mol.